The van der Waals surface area contributed by atoms with E-state index in [-0.39, 0.29) is 17.1 Å². The zero-order valence-electron chi connectivity index (χ0n) is 11.3. The highest BCUT2D eigenvalue weighted by molar-refractivity contribution is 9.10. The van der Waals surface area contributed by atoms with Crippen molar-refractivity contribution in [3.8, 4) is 0 Å². The van der Waals surface area contributed by atoms with Crippen molar-refractivity contribution in [2.24, 2.45) is 5.92 Å². The lowest BCUT2D eigenvalue weighted by Gasteiger charge is -2.35. The van der Waals surface area contributed by atoms with Gasteiger partial charge in [-0.1, -0.05) is 6.07 Å². The van der Waals surface area contributed by atoms with Crippen molar-refractivity contribution in [1.82, 2.24) is 4.31 Å². The number of halogens is 2. The van der Waals surface area contributed by atoms with Gasteiger partial charge in [0.2, 0.25) is 10.0 Å². The quantitative estimate of drug-likeness (QED) is 0.874. The predicted octanol–water partition coefficient (Wildman–Crippen LogP) is 2.46. The first-order valence-corrected chi connectivity index (χ1v) is 8.67. The second kappa shape index (κ2) is 6.02. The van der Waals surface area contributed by atoms with Crippen LogP contribution in [-0.4, -0.2) is 36.4 Å². The molecule has 5 nitrogen and oxygen atoms in total. The molecule has 0 radical (unpaired) electrons. The average molecular weight is 380 g/mol. The zero-order valence-corrected chi connectivity index (χ0v) is 13.7. The summed E-state index contributed by atoms with van der Waals surface area (Å²) in [5.74, 6) is -2.65. The van der Waals surface area contributed by atoms with Crippen LogP contribution in [0.3, 0.4) is 0 Å². The summed E-state index contributed by atoms with van der Waals surface area (Å²) >= 11 is 2.96. The Morgan fingerprint density at radius 1 is 1.43 bits per heavy atom. The molecule has 1 aromatic rings. The second-order valence-electron chi connectivity index (χ2n) is 5.09. The Morgan fingerprint density at radius 2 is 2.10 bits per heavy atom. The Labute approximate surface area is 130 Å². The van der Waals surface area contributed by atoms with Gasteiger partial charge >= 0.3 is 5.97 Å². The molecule has 0 bridgehead atoms. The van der Waals surface area contributed by atoms with E-state index >= 15 is 0 Å². The molecule has 116 valence electrons. The lowest BCUT2D eigenvalue weighted by atomic mass is 9.96. The molecule has 1 aliphatic rings. The van der Waals surface area contributed by atoms with Crippen molar-refractivity contribution in [2.45, 2.75) is 30.7 Å². The molecule has 1 N–H and O–H groups in total. The minimum atomic E-state index is -4.07. The number of benzene rings is 1. The molecule has 0 amide bonds. The van der Waals surface area contributed by atoms with E-state index in [0.29, 0.717) is 12.8 Å². The molecule has 1 aromatic carbocycles. The molecule has 1 heterocycles. The molecule has 0 spiro atoms. The van der Waals surface area contributed by atoms with Crippen LogP contribution in [0.4, 0.5) is 4.39 Å². The molecule has 21 heavy (non-hydrogen) atoms. The maximum Gasteiger partial charge on any atom is 0.307 e. The summed E-state index contributed by atoms with van der Waals surface area (Å²) in [6.07, 6.45) is 0.856. The van der Waals surface area contributed by atoms with Crippen LogP contribution < -0.4 is 0 Å². The summed E-state index contributed by atoms with van der Waals surface area (Å²) in [6.45, 7) is 1.57. The molecule has 2 unspecified atom stereocenters. The fourth-order valence-corrected chi connectivity index (χ4v) is 4.71. The Balaban J connectivity index is 2.42. The van der Waals surface area contributed by atoms with E-state index in [0.717, 1.165) is 4.31 Å². The molecule has 1 saturated heterocycles. The van der Waals surface area contributed by atoms with Gasteiger partial charge < -0.3 is 5.11 Å². The zero-order chi connectivity index (χ0) is 15.8. The molecule has 0 aliphatic carbocycles. The monoisotopic (exact) mass is 379 g/mol. The molecule has 0 saturated carbocycles. The first-order chi connectivity index (χ1) is 9.75. The van der Waals surface area contributed by atoms with Gasteiger partial charge in [0, 0.05) is 12.6 Å². The van der Waals surface area contributed by atoms with Gasteiger partial charge in [-0.3, -0.25) is 4.79 Å². The van der Waals surface area contributed by atoms with Crippen LogP contribution in [0.25, 0.3) is 0 Å². The highest BCUT2D eigenvalue weighted by atomic mass is 79.9. The molecule has 1 fully saturated rings. The number of hydrogen-bond donors (Lipinski definition) is 1. The molecule has 0 aromatic heterocycles. The van der Waals surface area contributed by atoms with Crippen molar-refractivity contribution in [2.75, 3.05) is 6.54 Å². The van der Waals surface area contributed by atoms with Gasteiger partial charge in [-0.15, -0.1) is 0 Å². The maximum atomic E-state index is 14.1. The molecule has 1 aliphatic heterocycles. The van der Waals surface area contributed by atoms with Gasteiger partial charge in [0.1, 0.15) is 4.90 Å². The lowest BCUT2D eigenvalue weighted by Crippen LogP contribution is -2.47. The number of hydrogen-bond acceptors (Lipinski definition) is 3. The maximum absolute atomic E-state index is 14.1. The highest BCUT2D eigenvalue weighted by Gasteiger charge is 2.38. The van der Waals surface area contributed by atoms with Crippen molar-refractivity contribution >= 4 is 31.9 Å². The summed E-state index contributed by atoms with van der Waals surface area (Å²) in [4.78, 5) is 10.7. The minimum Gasteiger partial charge on any atom is -0.481 e. The number of rotatable bonds is 3. The Kier molecular flexibility index (Phi) is 4.69. The third-order valence-corrected chi connectivity index (χ3v) is 6.29. The highest BCUT2D eigenvalue weighted by Crippen LogP contribution is 2.31. The topological polar surface area (TPSA) is 74.7 Å². The smallest absolute Gasteiger partial charge is 0.307 e. The summed E-state index contributed by atoms with van der Waals surface area (Å²) in [7, 11) is -4.07. The van der Waals surface area contributed by atoms with E-state index in [1.807, 2.05) is 0 Å². The molecular weight excluding hydrogens is 365 g/mol. The van der Waals surface area contributed by atoms with E-state index in [4.69, 9.17) is 5.11 Å². The Morgan fingerprint density at radius 3 is 2.71 bits per heavy atom. The van der Waals surface area contributed by atoms with Gasteiger partial charge in [0.25, 0.3) is 0 Å². The normalized spacial score (nSPS) is 24.0. The summed E-state index contributed by atoms with van der Waals surface area (Å²) in [5.41, 5.74) is 0. The number of sulfonamides is 1. The van der Waals surface area contributed by atoms with E-state index in [1.165, 1.54) is 18.2 Å². The van der Waals surface area contributed by atoms with Gasteiger partial charge in [0.05, 0.1) is 10.4 Å². The molecule has 8 heteroatoms. The van der Waals surface area contributed by atoms with Crippen LogP contribution in [0, 0.1) is 11.7 Å². The van der Waals surface area contributed by atoms with E-state index in [2.05, 4.69) is 15.9 Å². The Hall–Kier alpha value is -0.990. The number of piperidine rings is 1. The van der Waals surface area contributed by atoms with E-state index in [9.17, 15) is 17.6 Å². The van der Waals surface area contributed by atoms with Gasteiger partial charge in [0.15, 0.2) is 5.82 Å². The summed E-state index contributed by atoms with van der Waals surface area (Å²) < 4.78 is 40.4. The minimum absolute atomic E-state index is 0.0584. The standard InChI is InChI=1S/C13H15BrFNO4S/c1-8-5-6-9(13(17)18)7-16(8)21(19,20)11-4-2-3-10(14)12(11)15/h2-4,8-9H,5-7H2,1H3,(H,17,18). The van der Waals surface area contributed by atoms with Crippen LogP contribution in [-0.2, 0) is 14.8 Å². The lowest BCUT2D eigenvalue weighted by molar-refractivity contribution is -0.143. The molecular formula is C13H15BrFNO4S. The first kappa shape index (κ1) is 16.4. The van der Waals surface area contributed by atoms with Crippen molar-refractivity contribution in [3.63, 3.8) is 0 Å². The van der Waals surface area contributed by atoms with Crippen LogP contribution in [0.5, 0.6) is 0 Å². The third kappa shape index (κ3) is 3.12. The summed E-state index contributed by atoms with van der Waals surface area (Å²) in [5, 5.41) is 9.07. The van der Waals surface area contributed by atoms with E-state index in [1.54, 1.807) is 6.92 Å². The first-order valence-electron chi connectivity index (χ1n) is 6.43. The second-order valence-corrected chi connectivity index (χ2v) is 7.80. The largest absolute Gasteiger partial charge is 0.481 e. The van der Waals surface area contributed by atoms with Crippen molar-refractivity contribution in [3.05, 3.63) is 28.5 Å². The number of carboxylic acid groups (broad SMARTS) is 1. The molecule has 2 rings (SSSR count). The third-order valence-electron chi connectivity index (χ3n) is 3.68. The van der Waals surface area contributed by atoms with Crippen LogP contribution in [0.1, 0.15) is 19.8 Å². The van der Waals surface area contributed by atoms with Crippen molar-refractivity contribution < 1.29 is 22.7 Å². The summed E-state index contributed by atoms with van der Waals surface area (Å²) in [6, 6.07) is 3.67. The average Bonchev–Trinajstić information content (AvgIpc) is 2.41. The number of carboxylic acids is 1. The van der Waals surface area contributed by atoms with E-state index < -0.39 is 32.6 Å². The van der Waals surface area contributed by atoms with Crippen LogP contribution >= 0.6 is 15.9 Å². The van der Waals surface area contributed by atoms with Gasteiger partial charge in [-0.05, 0) is 47.8 Å². The van der Waals surface area contributed by atoms with Crippen LogP contribution in [0.15, 0.2) is 27.6 Å². The number of carbonyl (C=O) groups is 1. The SMILES string of the molecule is CC1CCC(C(=O)O)CN1S(=O)(=O)c1cccc(Br)c1F. The van der Waals surface area contributed by atoms with Crippen molar-refractivity contribution in [1.29, 1.82) is 0 Å². The van der Waals surface area contributed by atoms with Gasteiger partial charge in [-0.2, -0.15) is 4.31 Å². The van der Waals surface area contributed by atoms with Gasteiger partial charge in [-0.25, -0.2) is 12.8 Å². The predicted molar refractivity (Wildman–Crippen MR) is 77.8 cm³/mol. The Bertz CT molecular complexity index is 664. The fourth-order valence-electron chi connectivity index (χ4n) is 2.42. The number of aliphatic carboxylic acids is 1. The fraction of sp³-hybridized carbons (Fsp3) is 0.462. The molecule has 2 atom stereocenters. The number of nitrogens with zero attached hydrogens (tertiary/aromatic N) is 1. The van der Waals surface area contributed by atoms with Crippen LogP contribution in [0.2, 0.25) is 0 Å².